The number of hydrogen-bond acceptors (Lipinski definition) is 4. The average Bonchev–Trinajstić information content (AvgIpc) is 3.13. The van der Waals surface area contributed by atoms with E-state index in [4.69, 9.17) is 4.42 Å². The molecule has 1 unspecified atom stereocenters. The Bertz CT molecular complexity index is 739. The molecule has 1 aromatic carbocycles. The SMILES string of the molecule is CCNC(=NCc1cccc(NC(C)=O)c1)NCC(C)(O)c1ccco1. The van der Waals surface area contributed by atoms with E-state index in [9.17, 15) is 9.90 Å². The fourth-order valence-electron chi connectivity index (χ4n) is 2.39. The number of rotatable bonds is 7. The Labute approximate surface area is 153 Å². The summed E-state index contributed by atoms with van der Waals surface area (Å²) in [5, 5.41) is 19.5. The molecule has 0 saturated carbocycles. The normalized spacial score (nSPS) is 13.8. The van der Waals surface area contributed by atoms with E-state index in [0.29, 0.717) is 24.8 Å². The van der Waals surface area contributed by atoms with Crippen molar-refractivity contribution in [3.63, 3.8) is 0 Å². The summed E-state index contributed by atoms with van der Waals surface area (Å²) in [6.45, 7) is 6.51. The number of benzene rings is 1. The van der Waals surface area contributed by atoms with Gasteiger partial charge in [0.05, 0.1) is 19.4 Å². The van der Waals surface area contributed by atoms with Crippen molar-refractivity contribution in [1.29, 1.82) is 0 Å². The van der Waals surface area contributed by atoms with Crippen molar-refractivity contribution in [2.75, 3.05) is 18.4 Å². The molecule has 140 valence electrons. The standard InChI is InChI=1S/C19H26N4O3/c1-4-20-18(22-13-19(3,25)17-9-6-10-26-17)21-12-15-7-5-8-16(11-15)23-14(2)24/h5-11,25H,4,12-13H2,1-3H3,(H,23,24)(H2,20,21,22). The third-order valence-corrected chi connectivity index (χ3v) is 3.66. The molecule has 7 heteroatoms. The van der Waals surface area contributed by atoms with Crippen LogP contribution in [-0.2, 0) is 16.9 Å². The number of carbonyl (C=O) groups excluding carboxylic acids is 1. The third kappa shape index (κ3) is 5.93. The van der Waals surface area contributed by atoms with Crippen molar-refractivity contribution in [1.82, 2.24) is 10.6 Å². The van der Waals surface area contributed by atoms with Gasteiger partial charge >= 0.3 is 0 Å². The minimum atomic E-state index is -1.15. The fraction of sp³-hybridized carbons (Fsp3) is 0.368. The van der Waals surface area contributed by atoms with Crippen LogP contribution in [0.15, 0.2) is 52.1 Å². The van der Waals surface area contributed by atoms with Gasteiger partial charge in [0.15, 0.2) is 5.96 Å². The molecule has 0 saturated heterocycles. The number of amides is 1. The molecule has 1 heterocycles. The van der Waals surface area contributed by atoms with Gasteiger partial charge < -0.3 is 25.5 Å². The molecule has 0 bridgehead atoms. The maximum atomic E-state index is 11.2. The number of nitrogens with one attached hydrogen (secondary N) is 3. The number of anilines is 1. The van der Waals surface area contributed by atoms with Crippen molar-refractivity contribution in [3.05, 3.63) is 54.0 Å². The molecule has 2 aromatic rings. The van der Waals surface area contributed by atoms with E-state index in [1.807, 2.05) is 31.2 Å². The van der Waals surface area contributed by atoms with E-state index in [2.05, 4.69) is 20.9 Å². The molecule has 1 atom stereocenters. The zero-order valence-electron chi connectivity index (χ0n) is 15.4. The summed E-state index contributed by atoms with van der Waals surface area (Å²) in [6, 6.07) is 11.0. The molecule has 7 nitrogen and oxygen atoms in total. The first-order valence-electron chi connectivity index (χ1n) is 8.56. The third-order valence-electron chi connectivity index (χ3n) is 3.66. The van der Waals surface area contributed by atoms with Gasteiger partial charge in [0, 0.05) is 19.2 Å². The van der Waals surface area contributed by atoms with Gasteiger partial charge in [-0.1, -0.05) is 12.1 Å². The van der Waals surface area contributed by atoms with Crippen molar-refractivity contribution in [2.45, 2.75) is 32.9 Å². The van der Waals surface area contributed by atoms with Gasteiger partial charge in [0.25, 0.3) is 0 Å². The molecule has 0 fully saturated rings. The summed E-state index contributed by atoms with van der Waals surface area (Å²) in [7, 11) is 0. The van der Waals surface area contributed by atoms with Crippen LogP contribution in [0, 0.1) is 0 Å². The first-order chi connectivity index (χ1) is 12.4. The Hall–Kier alpha value is -2.80. The molecule has 0 aliphatic carbocycles. The van der Waals surface area contributed by atoms with E-state index in [-0.39, 0.29) is 12.5 Å². The monoisotopic (exact) mass is 358 g/mol. The predicted molar refractivity (Wildman–Crippen MR) is 102 cm³/mol. The zero-order chi connectivity index (χ0) is 19.0. The second-order valence-corrected chi connectivity index (χ2v) is 6.18. The predicted octanol–water partition coefficient (Wildman–Crippen LogP) is 2.20. The molecular weight excluding hydrogens is 332 g/mol. The van der Waals surface area contributed by atoms with Gasteiger partial charge in [-0.05, 0) is 43.7 Å². The van der Waals surface area contributed by atoms with Gasteiger partial charge in [-0.2, -0.15) is 0 Å². The minimum absolute atomic E-state index is 0.110. The molecule has 1 amide bonds. The Morgan fingerprint density at radius 3 is 2.73 bits per heavy atom. The van der Waals surface area contributed by atoms with Crippen LogP contribution in [0.25, 0.3) is 0 Å². The fourth-order valence-corrected chi connectivity index (χ4v) is 2.39. The van der Waals surface area contributed by atoms with Crippen LogP contribution in [0.1, 0.15) is 32.1 Å². The summed E-state index contributed by atoms with van der Waals surface area (Å²) in [4.78, 5) is 15.7. The van der Waals surface area contributed by atoms with Crippen LogP contribution in [0.5, 0.6) is 0 Å². The van der Waals surface area contributed by atoms with E-state index in [1.54, 1.807) is 19.1 Å². The summed E-state index contributed by atoms with van der Waals surface area (Å²) >= 11 is 0. The number of furan rings is 1. The topological polar surface area (TPSA) is 98.9 Å². The highest BCUT2D eigenvalue weighted by Gasteiger charge is 2.26. The average molecular weight is 358 g/mol. The number of hydrogen-bond donors (Lipinski definition) is 4. The largest absolute Gasteiger partial charge is 0.466 e. The van der Waals surface area contributed by atoms with Crippen LogP contribution < -0.4 is 16.0 Å². The lowest BCUT2D eigenvalue weighted by Crippen LogP contribution is -2.44. The van der Waals surface area contributed by atoms with Gasteiger partial charge in [-0.3, -0.25) is 4.79 Å². The van der Waals surface area contributed by atoms with Crippen molar-refractivity contribution in [3.8, 4) is 0 Å². The highest BCUT2D eigenvalue weighted by atomic mass is 16.4. The Kier molecular flexibility index (Phi) is 6.80. The van der Waals surface area contributed by atoms with Crippen LogP contribution in [0.3, 0.4) is 0 Å². The quantitative estimate of drug-likeness (QED) is 0.449. The maximum absolute atomic E-state index is 11.2. The number of nitrogens with zero attached hydrogens (tertiary/aromatic N) is 1. The van der Waals surface area contributed by atoms with E-state index in [1.165, 1.54) is 13.2 Å². The molecule has 4 N–H and O–H groups in total. The maximum Gasteiger partial charge on any atom is 0.221 e. The zero-order valence-corrected chi connectivity index (χ0v) is 15.4. The van der Waals surface area contributed by atoms with Crippen molar-refractivity contribution < 1.29 is 14.3 Å². The number of carbonyl (C=O) groups is 1. The lowest BCUT2D eigenvalue weighted by Gasteiger charge is -2.22. The second-order valence-electron chi connectivity index (χ2n) is 6.18. The Balaban J connectivity index is 2.01. The lowest BCUT2D eigenvalue weighted by molar-refractivity contribution is -0.114. The Morgan fingerprint density at radius 2 is 2.08 bits per heavy atom. The summed E-state index contributed by atoms with van der Waals surface area (Å²) in [6.07, 6.45) is 1.53. The number of aliphatic imine (C=N–C) groups is 1. The minimum Gasteiger partial charge on any atom is -0.466 e. The molecular formula is C19H26N4O3. The molecule has 0 aliphatic heterocycles. The molecule has 0 aliphatic rings. The van der Waals surface area contributed by atoms with Gasteiger partial charge in [0.2, 0.25) is 5.91 Å². The first-order valence-corrected chi connectivity index (χ1v) is 8.56. The molecule has 1 aromatic heterocycles. The van der Waals surface area contributed by atoms with Crippen LogP contribution in [0.2, 0.25) is 0 Å². The summed E-state index contributed by atoms with van der Waals surface area (Å²) < 4.78 is 5.28. The van der Waals surface area contributed by atoms with Gasteiger partial charge in [-0.15, -0.1) is 0 Å². The number of guanidine groups is 1. The Morgan fingerprint density at radius 1 is 1.27 bits per heavy atom. The van der Waals surface area contributed by atoms with Crippen LogP contribution in [0.4, 0.5) is 5.69 Å². The summed E-state index contributed by atoms with van der Waals surface area (Å²) in [5.41, 5.74) is 0.556. The smallest absolute Gasteiger partial charge is 0.221 e. The molecule has 0 radical (unpaired) electrons. The van der Waals surface area contributed by atoms with Crippen LogP contribution in [-0.4, -0.2) is 30.1 Å². The molecule has 26 heavy (non-hydrogen) atoms. The number of aliphatic hydroxyl groups is 1. The van der Waals surface area contributed by atoms with Crippen LogP contribution >= 0.6 is 0 Å². The lowest BCUT2D eigenvalue weighted by atomic mass is 10.0. The molecule has 0 spiro atoms. The van der Waals surface area contributed by atoms with E-state index < -0.39 is 5.60 Å². The first kappa shape index (κ1) is 19.5. The van der Waals surface area contributed by atoms with Crippen molar-refractivity contribution in [2.24, 2.45) is 4.99 Å². The van der Waals surface area contributed by atoms with Gasteiger partial charge in [-0.25, -0.2) is 4.99 Å². The van der Waals surface area contributed by atoms with E-state index in [0.717, 1.165) is 11.3 Å². The van der Waals surface area contributed by atoms with E-state index >= 15 is 0 Å². The highest BCUT2D eigenvalue weighted by molar-refractivity contribution is 5.88. The highest BCUT2D eigenvalue weighted by Crippen LogP contribution is 2.19. The van der Waals surface area contributed by atoms with Crippen molar-refractivity contribution >= 4 is 17.6 Å². The second kappa shape index (κ2) is 9.05. The molecule has 2 rings (SSSR count). The van der Waals surface area contributed by atoms with Gasteiger partial charge in [0.1, 0.15) is 11.4 Å². The summed E-state index contributed by atoms with van der Waals surface area (Å²) in [5.74, 6) is 0.967.